The molecule has 2 atom stereocenters. The van der Waals surface area contributed by atoms with Crippen LogP contribution in [0.5, 0.6) is 0 Å². The summed E-state index contributed by atoms with van der Waals surface area (Å²) in [5.74, 6) is 0.820. The zero-order chi connectivity index (χ0) is 16.5. The Labute approximate surface area is 139 Å². The lowest BCUT2D eigenvalue weighted by molar-refractivity contribution is 0.00309. The highest BCUT2D eigenvalue weighted by atomic mass is 16.5. The Morgan fingerprint density at radius 3 is 3.00 bits per heavy atom. The van der Waals surface area contributed by atoms with Crippen LogP contribution in [-0.2, 0) is 4.74 Å². The van der Waals surface area contributed by atoms with Gasteiger partial charge in [-0.25, -0.2) is 4.98 Å². The van der Waals surface area contributed by atoms with Crippen molar-refractivity contribution < 1.29 is 9.84 Å². The van der Waals surface area contributed by atoms with Gasteiger partial charge in [-0.1, -0.05) is 6.07 Å². The van der Waals surface area contributed by atoms with Crippen molar-refractivity contribution in [1.29, 1.82) is 0 Å². The number of ether oxygens (including phenoxy) is 1. The van der Waals surface area contributed by atoms with Gasteiger partial charge < -0.3 is 20.9 Å². The molecule has 0 radical (unpaired) electrons. The fraction of sp³-hybridized carbons (Fsp3) is 0.353. The van der Waals surface area contributed by atoms with Gasteiger partial charge in [0.05, 0.1) is 30.8 Å². The van der Waals surface area contributed by atoms with Crippen LogP contribution in [0.4, 0.5) is 11.8 Å². The molecular formula is C17H19N5O2. The van der Waals surface area contributed by atoms with Gasteiger partial charge in [0, 0.05) is 18.2 Å². The molecule has 24 heavy (non-hydrogen) atoms. The Morgan fingerprint density at radius 1 is 1.29 bits per heavy atom. The highest BCUT2D eigenvalue weighted by Crippen LogP contribution is 2.27. The van der Waals surface area contributed by atoms with Gasteiger partial charge in [0.15, 0.2) is 0 Å². The molecule has 1 aromatic heterocycles. The van der Waals surface area contributed by atoms with Crippen LogP contribution in [0.25, 0.3) is 16.5 Å². The second kappa shape index (κ2) is 6.18. The summed E-state index contributed by atoms with van der Waals surface area (Å²) in [5, 5.41) is 14.2. The number of hydrogen-bond donors (Lipinski definition) is 3. The maximum Gasteiger partial charge on any atom is 0.222 e. The van der Waals surface area contributed by atoms with Crippen molar-refractivity contribution in [3.8, 4) is 0 Å². The van der Waals surface area contributed by atoms with Gasteiger partial charge in [-0.15, -0.1) is 0 Å². The highest BCUT2D eigenvalue weighted by molar-refractivity contribution is 5.95. The number of nitrogens with two attached hydrogens (primary N) is 1. The molecule has 2 aromatic rings. The Morgan fingerprint density at radius 2 is 2.21 bits per heavy atom. The number of benzene rings is 1. The van der Waals surface area contributed by atoms with E-state index in [1.165, 1.54) is 0 Å². The zero-order valence-corrected chi connectivity index (χ0v) is 13.1. The number of allylic oxidation sites excluding steroid dienone is 1. The van der Waals surface area contributed by atoms with Crippen molar-refractivity contribution in [3.05, 3.63) is 29.8 Å². The van der Waals surface area contributed by atoms with E-state index < -0.39 is 6.10 Å². The molecule has 3 heterocycles. The summed E-state index contributed by atoms with van der Waals surface area (Å²) in [6.45, 7) is 1.70. The molecule has 0 spiro atoms. The van der Waals surface area contributed by atoms with E-state index in [9.17, 15) is 5.11 Å². The van der Waals surface area contributed by atoms with E-state index in [0.29, 0.717) is 32.0 Å². The molecule has 0 unspecified atom stereocenters. The van der Waals surface area contributed by atoms with Gasteiger partial charge in [0.2, 0.25) is 5.95 Å². The first-order valence-corrected chi connectivity index (χ1v) is 8.00. The van der Waals surface area contributed by atoms with Gasteiger partial charge in [-0.3, -0.25) is 4.99 Å². The molecule has 1 fully saturated rings. The van der Waals surface area contributed by atoms with Crippen LogP contribution in [0, 0.1) is 0 Å². The molecule has 7 nitrogen and oxygen atoms in total. The normalized spacial score (nSPS) is 23.5. The number of aliphatic imine (C=N–C) groups is 1. The summed E-state index contributed by atoms with van der Waals surface area (Å²) in [7, 11) is 0. The number of nitrogens with one attached hydrogen (secondary N) is 1. The Bertz CT molecular complexity index is 833. The number of aliphatic hydroxyl groups is 1. The molecule has 0 bridgehead atoms. The molecule has 7 heteroatoms. The summed E-state index contributed by atoms with van der Waals surface area (Å²) >= 11 is 0. The van der Waals surface area contributed by atoms with Gasteiger partial charge in [0.25, 0.3) is 0 Å². The SMILES string of the molecule is Nc1nc(N[C@@H]2COCC[C@H]2O)c2ccc(C3=CC=NC3)cc2n1. The van der Waals surface area contributed by atoms with E-state index in [0.717, 1.165) is 22.0 Å². The number of fused-ring (bicyclic) bond motifs is 1. The van der Waals surface area contributed by atoms with Crippen molar-refractivity contribution in [2.24, 2.45) is 4.99 Å². The van der Waals surface area contributed by atoms with E-state index >= 15 is 0 Å². The average molecular weight is 325 g/mol. The second-order valence-corrected chi connectivity index (χ2v) is 6.03. The minimum Gasteiger partial charge on any atom is -0.391 e. The predicted octanol–water partition coefficient (Wildman–Crippen LogP) is 1.24. The van der Waals surface area contributed by atoms with Crippen molar-refractivity contribution in [2.75, 3.05) is 30.8 Å². The maximum absolute atomic E-state index is 10.1. The van der Waals surface area contributed by atoms with Gasteiger partial charge in [0.1, 0.15) is 5.82 Å². The minimum absolute atomic E-state index is 0.199. The zero-order valence-electron chi connectivity index (χ0n) is 13.1. The van der Waals surface area contributed by atoms with Crippen LogP contribution in [0.3, 0.4) is 0 Å². The van der Waals surface area contributed by atoms with E-state index in [4.69, 9.17) is 10.5 Å². The first-order valence-electron chi connectivity index (χ1n) is 8.00. The maximum atomic E-state index is 10.1. The Balaban J connectivity index is 1.70. The fourth-order valence-electron chi connectivity index (χ4n) is 3.03. The number of anilines is 2. The molecule has 1 saturated heterocycles. The third-order valence-corrected chi connectivity index (χ3v) is 4.37. The Kier molecular flexibility index (Phi) is 3.87. The van der Waals surface area contributed by atoms with E-state index in [1.54, 1.807) is 0 Å². The summed E-state index contributed by atoms with van der Waals surface area (Å²) in [5.41, 5.74) is 8.86. The van der Waals surface area contributed by atoms with Gasteiger partial charge >= 0.3 is 0 Å². The lowest BCUT2D eigenvalue weighted by Crippen LogP contribution is -2.42. The van der Waals surface area contributed by atoms with Crippen LogP contribution < -0.4 is 11.1 Å². The Hall–Kier alpha value is -2.51. The number of rotatable bonds is 3. The van der Waals surface area contributed by atoms with E-state index in [2.05, 4.69) is 20.3 Å². The van der Waals surface area contributed by atoms with E-state index in [1.807, 2.05) is 30.5 Å². The summed E-state index contributed by atoms with van der Waals surface area (Å²) in [6, 6.07) is 5.79. The topological polar surface area (TPSA) is 106 Å². The van der Waals surface area contributed by atoms with Crippen molar-refractivity contribution in [3.63, 3.8) is 0 Å². The lowest BCUT2D eigenvalue weighted by atomic mass is 10.0. The van der Waals surface area contributed by atoms with E-state index in [-0.39, 0.29) is 12.0 Å². The molecule has 2 aliphatic rings. The molecule has 2 aliphatic heterocycles. The molecule has 1 aromatic carbocycles. The molecule has 0 amide bonds. The first-order chi connectivity index (χ1) is 11.7. The quantitative estimate of drug-likeness (QED) is 0.784. The monoisotopic (exact) mass is 325 g/mol. The molecule has 0 aliphatic carbocycles. The van der Waals surface area contributed by atoms with Crippen LogP contribution in [-0.4, -0.2) is 53.2 Å². The molecular weight excluding hydrogens is 306 g/mol. The number of hydrogen-bond acceptors (Lipinski definition) is 7. The number of aromatic nitrogens is 2. The number of aliphatic hydroxyl groups excluding tert-OH is 1. The van der Waals surface area contributed by atoms with Crippen LogP contribution in [0.1, 0.15) is 12.0 Å². The summed E-state index contributed by atoms with van der Waals surface area (Å²) in [6.07, 6.45) is 3.95. The number of nitrogen functional groups attached to an aromatic ring is 1. The van der Waals surface area contributed by atoms with Crippen LogP contribution in [0.15, 0.2) is 29.3 Å². The van der Waals surface area contributed by atoms with Gasteiger partial charge in [-0.2, -0.15) is 4.98 Å². The lowest BCUT2D eigenvalue weighted by Gasteiger charge is -2.29. The largest absolute Gasteiger partial charge is 0.391 e. The smallest absolute Gasteiger partial charge is 0.222 e. The third kappa shape index (κ3) is 2.83. The highest BCUT2D eigenvalue weighted by Gasteiger charge is 2.24. The molecule has 4 rings (SSSR count). The number of nitrogens with zero attached hydrogens (tertiary/aromatic N) is 3. The first kappa shape index (κ1) is 15.0. The van der Waals surface area contributed by atoms with Crippen LogP contribution >= 0.6 is 0 Å². The van der Waals surface area contributed by atoms with Crippen molar-refractivity contribution in [2.45, 2.75) is 18.6 Å². The third-order valence-electron chi connectivity index (χ3n) is 4.37. The predicted molar refractivity (Wildman–Crippen MR) is 94.1 cm³/mol. The molecule has 0 saturated carbocycles. The van der Waals surface area contributed by atoms with Gasteiger partial charge in [-0.05, 0) is 35.8 Å². The van der Waals surface area contributed by atoms with Crippen molar-refractivity contribution in [1.82, 2.24) is 9.97 Å². The second-order valence-electron chi connectivity index (χ2n) is 6.03. The average Bonchev–Trinajstić information content (AvgIpc) is 3.11. The molecule has 124 valence electrons. The minimum atomic E-state index is -0.468. The standard InChI is InChI=1S/C17H19N5O2/c18-17-21-13-7-10(11-3-5-19-8-11)1-2-12(13)16(22-17)20-14-9-24-6-4-15(14)23/h1-3,5,7,14-15,23H,4,6,8-9H2,(H3,18,20,21,22)/t14-,15-/m1/s1. The van der Waals surface area contributed by atoms with Crippen LogP contribution in [0.2, 0.25) is 0 Å². The van der Waals surface area contributed by atoms with Crippen molar-refractivity contribution >= 4 is 34.5 Å². The molecule has 4 N–H and O–H groups in total. The summed E-state index contributed by atoms with van der Waals surface area (Å²) in [4.78, 5) is 12.9. The summed E-state index contributed by atoms with van der Waals surface area (Å²) < 4.78 is 5.44. The fourth-order valence-corrected chi connectivity index (χ4v) is 3.03.